The quantitative estimate of drug-likeness (QED) is 0.303. The van der Waals surface area contributed by atoms with E-state index in [9.17, 15) is 9.59 Å². The fraction of sp³-hybridized carbons (Fsp3) is 0.927. The Morgan fingerprint density at radius 2 is 1.62 bits per heavy atom. The summed E-state index contributed by atoms with van der Waals surface area (Å²) in [7, 11) is 0. The Bertz CT molecular complexity index is 1310. The van der Waals surface area contributed by atoms with Crippen LogP contribution in [0.4, 0.5) is 0 Å². The maximum absolute atomic E-state index is 13.2. The van der Waals surface area contributed by atoms with Gasteiger partial charge in [-0.3, -0.25) is 19.4 Å². The molecule has 0 radical (unpaired) electrons. The Hall–Kier alpha value is -1.73. The van der Waals surface area contributed by atoms with Crippen LogP contribution in [0.25, 0.3) is 0 Å². The van der Waals surface area contributed by atoms with E-state index in [1.165, 1.54) is 44.9 Å². The van der Waals surface area contributed by atoms with Crippen LogP contribution in [-0.4, -0.2) is 103 Å². The van der Waals surface area contributed by atoms with Gasteiger partial charge in [0.15, 0.2) is 5.79 Å². The van der Waals surface area contributed by atoms with Crippen molar-refractivity contribution in [2.45, 2.75) is 135 Å². The first kappa shape index (κ1) is 35.3. The average molecular weight is 692 g/mol. The van der Waals surface area contributed by atoms with E-state index >= 15 is 0 Å². The van der Waals surface area contributed by atoms with Crippen molar-refractivity contribution in [3.63, 3.8) is 0 Å². The molecule has 0 bridgehead atoms. The number of nitrogens with one attached hydrogen (secondary N) is 1. The summed E-state index contributed by atoms with van der Waals surface area (Å²) in [4.78, 5) is 33.1. The summed E-state index contributed by atoms with van der Waals surface area (Å²) in [6.07, 6.45) is 14.3. The van der Waals surface area contributed by atoms with Crippen molar-refractivity contribution >= 4 is 11.8 Å². The number of likely N-dealkylation sites (tertiary alicyclic amines) is 1. The van der Waals surface area contributed by atoms with Gasteiger partial charge >= 0.3 is 0 Å². The second kappa shape index (κ2) is 13.6. The van der Waals surface area contributed by atoms with Crippen LogP contribution in [0.1, 0.15) is 111 Å². The van der Waals surface area contributed by atoms with Gasteiger partial charge < -0.3 is 19.7 Å². The zero-order valence-electron chi connectivity index (χ0n) is 31.5. The van der Waals surface area contributed by atoms with E-state index in [2.05, 4.69) is 48.9 Å². The number of carbonyl (C=O) groups excluding carboxylic acids is 2. The third-order valence-electron chi connectivity index (χ3n) is 16.6. The first-order valence-electron chi connectivity index (χ1n) is 20.8. The number of carbonyl (C=O) groups is 2. The molecular formula is C41H65N5O4. The third kappa shape index (κ3) is 6.04. The monoisotopic (exact) mass is 692 g/mol. The Balaban J connectivity index is 0.813. The van der Waals surface area contributed by atoms with E-state index < -0.39 is 0 Å². The van der Waals surface area contributed by atoms with E-state index in [-0.39, 0.29) is 30.1 Å². The number of piperidine rings is 1. The van der Waals surface area contributed by atoms with Gasteiger partial charge in [-0.2, -0.15) is 5.26 Å². The summed E-state index contributed by atoms with van der Waals surface area (Å²) in [6.45, 7) is 16.7. The van der Waals surface area contributed by atoms with Crippen LogP contribution in [0.15, 0.2) is 0 Å². The zero-order valence-corrected chi connectivity index (χ0v) is 31.5. The summed E-state index contributed by atoms with van der Waals surface area (Å²) in [5, 5.41) is 12.3. The minimum absolute atomic E-state index is 0.0126. The largest absolute Gasteiger partial charge is 0.353 e. The molecule has 0 aromatic rings. The average Bonchev–Trinajstić information content (AvgIpc) is 3.56. The van der Waals surface area contributed by atoms with Crippen molar-refractivity contribution in [2.75, 3.05) is 52.4 Å². The lowest BCUT2D eigenvalue weighted by molar-refractivity contribution is -0.273. The van der Waals surface area contributed by atoms with Crippen molar-refractivity contribution in [1.29, 1.82) is 5.26 Å². The summed E-state index contributed by atoms with van der Waals surface area (Å²) in [5.74, 6) is 4.27. The van der Waals surface area contributed by atoms with Gasteiger partial charge in [-0.1, -0.05) is 27.7 Å². The molecule has 4 aliphatic carbocycles. The number of fused-ring (bicyclic) bond motifs is 7. The van der Waals surface area contributed by atoms with Crippen LogP contribution < -0.4 is 5.32 Å². The highest BCUT2D eigenvalue weighted by atomic mass is 16.7. The summed E-state index contributed by atoms with van der Waals surface area (Å²) in [5.41, 5.74) is 0.702. The molecule has 50 heavy (non-hydrogen) atoms. The number of nitrogens with zero attached hydrogens (tertiary/aromatic N) is 4. The van der Waals surface area contributed by atoms with Gasteiger partial charge in [-0.25, -0.2) is 0 Å². The van der Waals surface area contributed by atoms with Crippen LogP contribution >= 0.6 is 0 Å². The van der Waals surface area contributed by atoms with Crippen molar-refractivity contribution in [1.82, 2.24) is 20.0 Å². The van der Waals surface area contributed by atoms with Gasteiger partial charge in [0.2, 0.25) is 11.8 Å². The van der Waals surface area contributed by atoms with Gasteiger partial charge in [0.1, 0.15) is 6.42 Å². The number of hydrogen-bond acceptors (Lipinski definition) is 7. The normalized spacial score (nSPS) is 46.8. The molecule has 278 valence electrons. The number of amides is 2. The maximum atomic E-state index is 13.2. The molecule has 8 rings (SSSR count). The molecule has 12 atom stereocenters. The number of hydrogen-bond donors (Lipinski definition) is 1. The number of ether oxygens (including phenoxy) is 2. The summed E-state index contributed by atoms with van der Waals surface area (Å²) < 4.78 is 13.5. The first-order chi connectivity index (χ1) is 24.0. The maximum Gasteiger partial charge on any atom is 0.232 e. The van der Waals surface area contributed by atoms with Crippen molar-refractivity contribution in [3.05, 3.63) is 0 Å². The topological polar surface area (TPSA) is 98.1 Å². The summed E-state index contributed by atoms with van der Waals surface area (Å²) in [6, 6.07) is 2.95. The molecule has 2 unspecified atom stereocenters. The van der Waals surface area contributed by atoms with Crippen LogP contribution in [0, 0.1) is 63.6 Å². The van der Waals surface area contributed by atoms with Crippen LogP contribution in [0.2, 0.25) is 0 Å². The predicted octanol–water partition coefficient (Wildman–Crippen LogP) is 5.44. The van der Waals surface area contributed by atoms with Crippen LogP contribution in [0.3, 0.4) is 0 Å². The molecule has 1 spiro atoms. The van der Waals surface area contributed by atoms with E-state index in [0.717, 1.165) is 95.7 Å². The molecule has 1 N–H and O–H groups in total. The highest BCUT2D eigenvalue weighted by Crippen LogP contribution is 2.71. The fourth-order valence-electron chi connectivity index (χ4n) is 13.8. The number of rotatable bonds is 5. The Morgan fingerprint density at radius 3 is 2.34 bits per heavy atom. The molecule has 4 heterocycles. The van der Waals surface area contributed by atoms with Gasteiger partial charge in [-0.15, -0.1) is 0 Å². The molecule has 8 aliphatic rings. The lowest BCUT2D eigenvalue weighted by Crippen LogP contribution is -2.56. The Labute approximate surface area is 301 Å². The smallest absolute Gasteiger partial charge is 0.232 e. The van der Waals surface area contributed by atoms with Crippen LogP contribution in [-0.2, 0) is 19.1 Å². The molecule has 9 nitrogen and oxygen atoms in total. The van der Waals surface area contributed by atoms with Gasteiger partial charge in [0.05, 0.1) is 25.3 Å². The highest BCUT2D eigenvalue weighted by Gasteiger charge is 2.69. The van der Waals surface area contributed by atoms with Crippen LogP contribution in [0.5, 0.6) is 0 Å². The van der Waals surface area contributed by atoms with Gasteiger partial charge in [0, 0.05) is 63.7 Å². The predicted molar refractivity (Wildman–Crippen MR) is 191 cm³/mol. The fourth-order valence-corrected chi connectivity index (χ4v) is 13.8. The molecular weight excluding hydrogens is 626 g/mol. The van der Waals surface area contributed by atoms with E-state index in [4.69, 9.17) is 14.7 Å². The SMILES string of the molecule is C[C@@H]1CC[C@@]2(OC1)O[C@H]1C[C@H]3[C@@H]4CC[C@@H]5CC(NC(=O)CC(=O)N6CCC(N7CCN(CC#N)CC7)CC6)CC[C@]5(C)C4CC[C@]3(C)[C@H]1[C@@H]2C. The third-order valence-corrected chi connectivity index (χ3v) is 16.6. The van der Waals surface area contributed by atoms with E-state index in [0.29, 0.717) is 53.2 Å². The van der Waals surface area contributed by atoms with Crippen molar-refractivity contribution in [2.24, 2.45) is 52.3 Å². The zero-order chi connectivity index (χ0) is 34.8. The first-order valence-corrected chi connectivity index (χ1v) is 20.8. The van der Waals surface area contributed by atoms with Gasteiger partial charge in [-0.05, 0) is 117 Å². The second-order valence-electron chi connectivity index (χ2n) is 19.0. The molecule has 4 saturated heterocycles. The molecule has 0 aromatic carbocycles. The molecule has 2 amide bonds. The van der Waals surface area contributed by atoms with Crippen molar-refractivity contribution < 1.29 is 19.1 Å². The summed E-state index contributed by atoms with van der Waals surface area (Å²) >= 11 is 0. The lowest BCUT2D eigenvalue weighted by atomic mass is 9.44. The molecule has 4 saturated carbocycles. The molecule has 4 aliphatic heterocycles. The highest BCUT2D eigenvalue weighted by molar-refractivity contribution is 5.97. The standard InChI is InChI=1S/C41H65N5O4/c1-27-7-14-41(49-26-27)28(2)38-35(50-41)24-34-32-6-5-29-23-30(8-12-39(29,3)33(32)9-13-40(34,38)4)43-36(47)25-37(48)46-16-10-31(11-17-46)45-21-19-44(18-15-42)20-22-45/h27-35,38H,5-14,16-26H2,1-4H3,(H,43,47)/t27-,28+,29-,30?,32-,33?,34+,35+,38+,39+,40+,41-/m1/s1. The minimum Gasteiger partial charge on any atom is -0.353 e. The van der Waals surface area contributed by atoms with Crippen molar-refractivity contribution in [3.8, 4) is 6.07 Å². The second-order valence-corrected chi connectivity index (χ2v) is 19.0. The Kier molecular flexibility index (Phi) is 9.60. The Morgan fingerprint density at radius 1 is 0.860 bits per heavy atom. The van der Waals surface area contributed by atoms with E-state index in [1.54, 1.807) is 0 Å². The number of piperazine rings is 1. The minimum atomic E-state index is -0.336. The lowest BCUT2D eigenvalue weighted by Gasteiger charge is -2.61. The van der Waals surface area contributed by atoms with Gasteiger partial charge in [0.25, 0.3) is 0 Å². The molecule has 9 heteroatoms. The molecule has 0 aromatic heterocycles. The number of nitriles is 1. The van der Waals surface area contributed by atoms with E-state index in [1.807, 2.05) is 4.90 Å². The molecule has 8 fully saturated rings.